The van der Waals surface area contributed by atoms with Gasteiger partial charge in [0.2, 0.25) is 10.0 Å². The second-order valence-electron chi connectivity index (χ2n) is 5.52. The lowest BCUT2D eigenvalue weighted by Gasteiger charge is -2.26. The summed E-state index contributed by atoms with van der Waals surface area (Å²) >= 11 is 1.88. The number of aromatic carboxylic acids is 1. The summed E-state index contributed by atoms with van der Waals surface area (Å²) in [5.41, 5.74) is 0.00995. The fraction of sp³-hybridized carbons (Fsp3) is 0.500. The first kappa shape index (κ1) is 16.7. The number of rotatable bonds is 4. The summed E-state index contributed by atoms with van der Waals surface area (Å²) in [5, 5.41) is 9.09. The molecule has 1 aromatic rings. The minimum absolute atomic E-state index is 0.00995. The van der Waals surface area contributed by atoms with Crippen LogP contribution in [-0.4, -0.2) is 25.5 Å². The van der Waals surface area contributed by atoms with Crippen molar-refractivity contribution in [2.24, 2.45) is 5.92 Å². The molecule has 1 saturated carbocycles. The lowest BCUT2D eigenvalue weighted by molar-refractivity contribution is 0.0695. The van der Waals surface area contributed by atoms with Gasteiger partial charge in [-0.3, -0.25) is 0 Å². The third-order valence-electron chi connectivity index (χ3n) is 3.82. The molecule has 0 spiro atoms. The van der Waals surface area contributed by atoms with Crippen molar-refractivity contribution in [1.29, 1.82) is 0 Å². The molecule has 0 atom stereocenters. The predicted octanol–water partition coefficient (Wildman–Crippen LogP) is 2.85. The molecule has 0 heterocycles. The molecular weight excluding hydrogens is 405 g/mol. The van der Waals surface area contributed by atoms with Gasteiger partial charge in [-0.25, -0.2) is 17.9 Å². The average molecular weight is 423 g/mol. The molecule has 1 aliphatic rings. The fourth-order valence-corrected chi connectivity index (χ4v) is 4.40. The van der Waals surface area contributed by atoms with Crippen molar-refractivity contribution in [2.45, 2.75) is 43.5 Å². The number of halogens is 1. The van der Waals surface area contributed by atoms with E-state index in [9.17, 15) is 13.2 Å². The van der Waals surface area contributed by atoms with Crippen LogP contribution in [0.1, 0.15) is 43.0 Å². The van der Waals surface area contributed by atoms with Crippen molar-refractivity contribution in [3.8, 4) is 0 Å². The Kier molecular flexibility index (Phi) is 5.26. The number of benzene rings is 1. The molecule has 1 fully saturated rings. The molecule has 5 nitrogen and oxygen atoms in total. The number of carboxylic acid groups (broad SMARTS) is 1. The van der Waals surface area contributed by atoms with Gasteiger partial charge in [-0.15, -0.1) is 0 Å². The van der Waals surface area contributed by atoms with Crippen LogP contribution in [0.25, 0.3) is 0 Å². The largest absolute Gasteiger partial charge is 0.478 e. The summed E-state index contributed by atoms with van der Waals surface area (Å²) in [4.78, 5) is 11.1. The van der Waals surface area contributed by atoms with Gasteiger partial charge in [0.15, 0.2) is 0 Å². The molecule has 0 unspecified atom stereocenters. The third-order valence-corrected chi connectivity index (χ3v) is 6.28. The maximum atomic E-state index is 12.4. The molecule has 116 valence electrons. The van der Waals surface area contributed by atoms with E-state index in [0.717, 1.165) is 25.7 Å². The third kappa shape index (κ3) is 4.17. The van der Waals surface area contributed by atoms with Crippen LogP contribution in [0.4, 0.5) is 0 Å². The van der Waals surface area contributed by atoms with Gasteiger partial charge in [0.05, 0.1) is 10.5 Å². The molecular formula is C14H18INO4S. The number of carbonyl (C=O) groups is 1. The van der Waals surface area contributed by atoms with E-state index >= 15 is 0 Å². The van der Waals surface area contributed by atoms with Gasteiger partial charge in [-0.1, -0.05) is 6.92 Å². The van der Waals surface area contributed by atoms with E-state index in [0.29, 0.717) is 9.49 Å². The zero-order valence-corrected chi connectivity index (χ0v) is 14.6. The van der Waals surface area contributed by atoms with Crippen LogP contribution in [0.5, 0.6) is 0 Å². The van der Waals surface area contributed by atoms with Crippen molar-refractivity contribution >= 4 is 38.6 Å². The summed E-state index contributed by atoms with van der Waals surface area (Å²) < 4.78 is 27.9. The highest BCUT2D eigenvalue weighted by atomic mass is 127. The number of sulfonamides is 1. The summed E-state index contributed by atoms with van der Waals surface area (Å²) in [6.07, 6.45) is 3.69. The molecule has 0 aliphatic heterocycles. The highest BCUT2D eigenvalue weighted by Gasteiger charge is 2.25. The van der Waals surface area contributed by atoms with Gasteiger partial charge in [0.1, 0.15) is 0 Å². The Balaban J connectivity index is 2.20. The van der Waals surface area contributed by atoms with Crippen LogP contribution in [0.3, 0.4) is 0 Å². The lowest BCUT2D eigenvalue weighted by Crippen LogP contribution is -2.37. The summed E-state index contributed by atoms with van der Waals surface area (Å²) in [6, 6.07) is 4.13. The standard InChI is InChI=1S/C14H18INO4S/c1-9-2-4-10(5-3-9)16-21(19,20)11-6-7-13(15)12(8-11)14(17)18/h6-10,16H,2-5H2,1H3,(H,17,18). The molecule has 0 aromatic heterocycles. The van der Waals surface area contributed by atoms with E-state index < -0.39 is 16.0 Å². The van der Waals surface area contributed by atoms with Crippen LogP contribution >= 0.6 is 22.6 Å². The molecule has 0 saturated heterocycles. The minimum atomic E-state index is -3.67. The van der Waals surface area contributed by atoms with E-state index in [1.54, 1.807) is 0 Å². The molecule has 0 bridgehead atoms. The first-order chi connectivity index (χ1) is 9.79. The van der Waals surface area contributed by atoms with E-state index in [-0.39, 0.29) is 16.5 Å². The zero-order valence-electron chi connectivity index (χ0n) is 11.7. The van der Waals surface area contributed by atoms with Crippen molar-refractivity contribution < 1.29 is 18.3 Å². The Hall–Kier alpha value is -0.670. The van der Waals surface area contributed by atoms with Crippen molar-refractivity contribution in [3.05, 3.63) is 27.3 Å². The van der Waals surface area contributed by atoms with Gasteiger partial charge >= 0.3 is 5.97 Å². The van der Waals surface area contributed by atoms with E-state index in [1.165, 1.54) is 18.2 Å². The molecule has 2 N–H and O–H groups in total. The monoisotopic (exact) mass is 423 g/mol. The maximum absolute atomic E-state index is 12.4. The Bertz CT molecular complexity index is 636. The summed E-state index contributed by atoms with van der Waals surface area (Å²) in [6.45, 7) is 2.17. The normalized spacial score (nSPS) is 23.0. The molecule has 7 heteroatoms. The average Bonchev–Trinajstić information content (AvgIpc) is 2.41. The topological polar surface area (TPSA) is 83.5 Å². The minimum Gasteiger partial charge on any atom is -0.478 e. The molecule has 2 rings (SSSR count). The van der Waals surface area contributed by atoms with Gasteiger partial charge in [-0.2, -0.15) is 0 Å². The Labute approximate surface area is 138 Å². The number of hydrogen-bond acceptors (Lipinski definition) is 3. The van der Waals surface area contributed by atoms with Crippen molar-refractivity contribution in [3.63, 3.8) is 0 Å². The van der Waals surface area contributed by atoms with Crippen molar-refractivity contribution in [1.82, 2.24) is 4.72 Å². The highest BCUT2D eigenvalue weighted by Crippen LogP contribution is 2.25. The maximum Gasteiger partial charge on any atom is 0.336 e. The SMILES string of the molecule is CC1CCC(NS(=O)(=O)c2ccc(I)c(C(=O)O)c2)CC1. The summed E-state index contributed by atoms with van der Waals surface area (Å²) in [5.74, 6) is -0.481. The van der Waals surface area contributed by atoms with Gasteiger partial charge in [0.25, 0.3) is 0 Å². The Morgan fingerprint density at radius 2 is 1.90 bits per heavy atom. The van der Waals surface area contributed by atoms with Gasteiger partial charge in [-0.05, 0) is 72.4 Å². The fourth-order valence-electron chi connectivity index (χ4n) is 2.50. The van der Waals surface area contributed by atoms with Crippen LogP contribution in [-0.2, 0) is 10.0 Å². The number of nitrogens with one attached hydrogen (secondary N) is 1. The van der Waals surface area contributed by atoms with Crippen LogP contribution in [0, 0.1) is 9.49 Å². The molecule has 0 amide bonds. The molecule has 1 aromatic carbocycles. The Morgan fingerprint density at radius 1 is 1.29 bits per heavy atom. The summed E-state index contributed by atoms with van der Waals surface area (Å²) in [7, 11) is -3.67. The number of carboxylic acids is 1. The predicted molar refractivity (Wildman–Crippen MR) is 87.9 cm³/mol. The van der Waals surface area contributed by atoms with Crippen LogP contribution < -0.4 is 4.72 Å². The lowest BCUT2D eigenvalue weighted by atomic mass is 9.88. The van der Waals surface area contributed by atoms with E-state index in [2.05, 4.69) is 11.6 Å². The number of hydrogen-bond donors (Lipinski definition) is 2. The second-order valence-corrected chi connectivity index (χ2v) is 8.40. The molecule has 21 heavy (non-hydrogen) atoms. The Morgan fingerprint density at radius 3 is 2.48 bits per heavy atom. The highest BCUT2D eigenvalue weighted by molar-refractivity contribution is 14.1. The molecule has 1 aliphatic carbocycles. The van der Waals surface area contributed by atoms with Crippen LogP contribution in [0.2, 0.25) is 0 Å². The second kappa shape index (κ2) is 6.62. The van der Waals surface area contributed by atoms with Gasteiger partial charge < -0.3 is 5.11 Å². The van der Waals surface area contributed by atoms with Crippen LogP contribution in [0.15, 0.2) is 23.1 Å². The first-order valence-electron chi connectivity index (χ1n) is 6.85. The van der Waals surface area contributed by atoms with E-state index in [1.807, 2.05) is 22.6 Å². The van der Waals surface area contributed by atoms with Gasteiger partial charge in [0, 0.05) is 9.61 Å². The quantitative estimate of drug-likeness (QED) is 0.730. The first-order valence-corrected chi connectivity index (χ1v) is 9.41. The smallest absolute Gasteiger partial charge is 0.336 e. The van der Waals surface area contributed by atoms with E-state index in [4.69, 9.17) is 5.11 Å². The molecule has 0 radical (unpaired) electrons. The zero-order chi connectivity index (χ0) is 15.6. The van der Waals surface area contributed by atoms with Crippen molar-refractivity contribution in [2.75, 3.05) is 0 Å².